The molecule has 3 rings (SSSR count). The number of ether oxygens (including phenoxy) is 2. The van der Waals surface area contributed by atoms with Crippen LogP contribution in [0.5, 0.6) is 0 Å². The Hall–Kier alpha value is -2.42. The van der Waals surface area contributed by atoms with Gasteiger partial charge in [0.05, 0.1) is 18.4 Å². The highest BCUT2D eigenvalue weighted by molar-refractivity contribution is 6.11. The van der Waals surface area contributed by atoms with E-state index in [9.17, 15) is 13.9 Å². The predicted molar refractivity (Wildman–Crippen MR) is 102 cm³/mol. The van der Waals surface area contributed by atoms with E-state index in [-0.39, 0.29) is 31.3 Å². The van der Waals surface area contributed by atoms with E-state index < -0.39 is 11.6 Å². The van der Waals surface area contributed by atoms with Gasteiger partial charge in [0.25, 0.3) is 0 Å². The molecule has 0 spiro atoms. The molecule has 1 aromatic carbocycles. The van der Waals surface area contributed by atoms with Crippen molar-refractivity contribution < 1.29 is 28.2 Å². The van der Waals surface area contributed by atoms with E-state index in [1.54, 1.807) is 12.1 Å². The highest BCUT2D eigenvalue weighted by Gasteiger charge is 2.18. The van der Waals surface area contributed by atoms with Crippen molar-refractivity contribution in [3.8, 4) is 0 Å². The third-order valence-corrected chi connectivity index (χ3v) is 4.43. The van der Waals surface area contributed by atoms with Crippen LogP contribution in [0.15, 0.2) is 41.7 Å². The molecule has 1 unspecified atom stereocenters. The van der Waals surface area contributed by atoms with Crippen LogP contribution >= 0.6 is 0 Å². The zero-order valence-corrected chi connectivity index (χ0v) is 16.2. The number of benzene rings is 1. The van der Waals surface area contributed by atoms with Crippen molar-refractivity contribution in [2.45, 2.75) is 45.2 Å². The Morgan fingerprint density at radius 1 is 1.28 bits per heavy atom. The fraction of sp³-hybridized carbons (Fsp3) is 0.429. The summed E-state index contributed by atoms with van der Waals surface area (Å²) in [5.41, 5.74) is 1.58. The summed E-state index contributed by atoms with van der Waals surface area (Å²) in [4.78, 5) is 9.67. The molecule has 8 heteroatoms. The molecule has 0 aliphatic carbocycles. The normalized spacial score (nSPS) is 18.5. The lowest BCUT2D eigenvalue weighted by Gasteiger charge is -2.25. The van der Waals surface area contributed by atoms with Crippen molar-refractivity contribution in [2.24, 2.45) is 5.16 Å². The van der Waals surface area contributed by atoms with Gasteiger partial charge in [-0.1, -0.05) is 11.2 Å². The number of aromatic nitrogens is 1. The van der Waals surface area contributed by atoms with Crippen LogP contribution in [0.1, 0.15) is 43.0 Å². The van der Waals surface area contributed by atoms with Crippen LogP contribution < -0.4 is 0 Å². The summed E-state index contributed by atoms with van der Waals surface area (Å²) < 4.78 is 38.4. The fourth-order valence-electron chi connectivity index (χ4n) is 2.87. The molecule has 1 fully saturated rings. The Balaban J connectivity index is 1.73. The van der Waals surface area contributed by atoms with Crippen LogP contribution in [-0.2, 0) is 20.9 Å². The second-order valence-electron chi connectivity index (χ2n) is 6.82. The highest BCUT2D eigenvalue weighted by atomic mass is 19.2. The summed E-state index contributed by atoms with van der Waals surface area (Å²) in [6, 6.07) is 6.76. The van der Waals surface area contributed by atoms with E-state index in [0.29, 0.717) is 23.4 Å². The summed E-state index contributed by atoms with van der Waals surface area (Å²) in [5.74, 6) is -1.94. The molecule has 6 nitrogen and oxygen atoms in total. The number of nitrogens with zero attached hydrogens (tertiary/aromatic N) is 2. The van der Waals surface area contributed by atoms with Crippen molar-refractivity contribution in [3.63, 3.8) is 0 Å². The lowest BCUT2D eigenvalue weighted by Crippen LogP contribution is -2.28. The number of hydrogen-bond acceptors (Lipinski definition) is 6. The zero-order valence-electron chi connectivity index (χ0n) is 16.2. The van der Waals surface area contributed by atoms with E-state index in [2.05, 4.69) is 10.1 Å². The summed E-state index contributed by atoms with van der Waals surface area (Å²) in [6.07, 6.45) is 3.91. The third-order valence-electron chi connectivity index (χ3n) is 4.43. The molecule has 0 amide bonds. The van der Waals surface area contributed by atoms with Gasteiger partial charge in [0, 0.05) is 18.4 Å². The van der Waals surface area contributed by atoms with Gasteiger partial charge in [-0.15, -0.1) is 0 Å². The maximum atomic E-state index is 13.7. The maximum absolute atomic E-state index is 13.7. The second kappa shape index (κ2) is 10.4. The molecule has 2 atom stereocenters. The minimum Gasteiger partial charge on any atom is -0.392 e. The lowest BCUT2D eigenvalue weighted by molar-refractivity contribution is -0.193. The van der Waals surface area contributed by atoms with Gasteiger partial charge in [-0.05, 0) is 56.0 Å². The molecule has 0 radical (unpaired) electrons. The molecule has 29 heavy (non-hydrogen) atoms. The topological polar surface area (TPSA) is 73.2 Å². The predicted octanol–water partition coefficient (Wildman–Crippen LogP) is 3.55. The number of aliphatic hydroxyl groups excluding tert-OH is 1. The molecule has 2 heterocycles. The van der Waals surface area contributed by atoms with Crippen molar-refractivity contribution in [2.75, 3.05) is 13.2 Å². The Morgan fingerprint density at radius 3 is 2.79 bits per heavy atom. The van der Waals surface area contributed by atoms with E-state index in [0.717, 1.165) is 31.4 Å². The first kappa shape index (κ1) is 21.3. The molecule has 1 N–H and O–H groups in total. The summed E-state index contributed by atoms with van der Waals surface area (Å²) in [6.45, 7) is 2.53. The highest BCUT2D eigenvalue weighted by Crippen LogP contribution is 2.17. The van der Waals surface area contributed by atoms with Crippen LogP contribution in [-0.4, -0.2) is 41.4 Å². The Labute approximate surface area is 168 Å². The average molecular weight is 406 g/mol. The third kappa shape index (κ3) is 6.03. The smallest absolute Gasteiger partial charge is 0.159 e. The van der Waals surface area contributed by atoms with Gasteiger partial charge >= 0.3 is 0 Å². The zero-order chi connectivity index (χ0) is 20.6. The van der Waals surface area contributed by atoms with Crippen LogP contribution in [0.3, 0.4) is 0 Å². The van der Waals surface area contributed by atoms with E-state index >= 15 is 0 Å². The molecule has 2 aromatic rings. The van der Waals surface area contributed by atoms with E-state index in [4.69, 9.17) is 14.3 Å². The van der Waals surface area contributed by atoms with Gasteiger partial charge in [0.1, 0.15) is 12.3 Å². The standard InChI is InChI=1S/C21H24F2N2O4/c1-14(29-20-4-2-3-9-27-20)13-28-25-21(16-6-7-17(22)18(23)10-16)19-8-5-15(12-26)11-24-19/h5-8,10-11,14,20,26H,2-4,9,12-13H2,1H3/b25-21+/t14-,20?/m1/s1. The van der Waals surface area contributed by atoms with Crippen LogP contribution in [0, 0.1) is 11.6 Å². The maximum Gasteiger partial charge on any atom is 0.159 e. The quantitative estimate of drug-likeness (QED) is 0.536. The van der Waals surface area contributed by atoms with Crippen LogP contribution in [0.2, 0.25) is 0 Å². The average Bonchev–Trinajstić information content (AvgIpc) is 2.74. The second-order valence-corrected chi connectivity index (χ2v) is 6.82. The molecule has 0 bridgehead atoms. The number of aliphatic hydroxyl groups is 1. The molecular weight excluding hydrogens is 382 g/mol. The van der Waals surface area contributed by atoms with Crippen molar-refractivity contribution >= 4 is 5.71 Å². The SMILES string of the molecule is C[C@H](CO/N=C(\c1ccc(F)c(F)c1)c1ccc(CO)cn1)OC1CCCCO1. The van der Waals surface area contributed by atoms with Gasteiger partial charge in [0.2, 0.25) is 0 Å². The Kier molecular flexibility index (Phi) is 7.62. The van der Waals surface area contributed by atoms with Crippen LogP contribution in [0.4, 0.5) is 8.78 Å². The first-order chi connectivity index (χ1) is 14.1. The van der Waals surface area contributed by atoms with Crippen molar-refractivity contribution in [1.29, 1.82) is 0 Å². The first-order valence-electron chi connectivity index (χ1n) is 9.55. The fourth-order valence-corrected chi connectivity index (χ4v) is 2.87. The summed E-state index contributed by atoms with van der Waals surface area (Å²) in [7, 11) is 0. The van der Waals surface area contributed by atoms with Gasteiger partial charge in [-0.3, -0.25) is 4.98 Å². The monoisotopic (exact) mass is 406 g/mol. The van der Waals surface area contributed by atoms with Crippen molar-refractivity contribution in [1.82, 2.24) is 4.98 Å². The molecule has 1 aliphatic heterocycles. The van der Waals surface area contributed by atoms with E-state index in [1.165, 1.54) is 12.3 Å². The van der Waals surface area contributed by atoms with E-state index in [1.807, 2.05) is 6.92 Å². The summed E-state index contributed by atoms with van der Waals surface area (Å²) >= 11 is 0. The van der Waals surface area contributed by atoms with Crippen molar-refractivity contribution in [3.05, 3.63) is 65.0 Å². The number of oxime groups is 1. The number of pyridine rings is 1. The molecule has 1 saturated heterocycles. The number of rotatable bonds is 8. The Bertz CT molecular complexity index is 824. The molecular formula is C21H24F2N2O4. The Morgan fingerprint density at radius 2 is 2.14 bits per heavy atom. The number of halogens is 2. The summed E-state index contributed by atoms with van der Waals surface area (Å²) in [5, 5.41) is 13.3. The van der Waals surface area contributed by atoms with Crippen LogP contribution in [0.25, 0.3) is 0 Å². The minimum absolute atomic E-state index is 0.153. The molecule has 1 aromatic heterocycles. The first-order valence-corrected chi connectivity index (χ1v) is 9.55. The molecule has 156 valence electrons. The molecule has 1 aliphatic rings. The van der Waals surface area contributed by atoms with Gasteiger partial charge in [0.15, 0.2) is 17.9 Å². The van der Waals surface area contributed by atoms with Gasteiger partial charge < -0.3 is 19.4 Å². The van der Waals surface area contributed by atoms with Gasteiger partial charge in [-0.2, -0.15) is 0 Å². The minimum atomic E-state index is -0.992. The largest absolute Gasteiger partial charge is 0.392 e. The number of hydrogen-bond donors (Lipinski definition) is 1. The van der Waals surface area contributed by atoms with Gasteiger partial charge in [-0.25, -0.2) is 8.78 Å². The lowest BCUT2D eigenvalue weighted by atomic mass is 10.1. The molecule has 0 saturated carbocycles.